The second kappa shape index (κ2) is 3.66. The van der Waals surface area contributed by atoms with Crippen molar-refractivity contribution in [1.29, 1.82) is 0 Å². The van der Waals surface area contributed by atoms with Gasteiger partial charge in [0.05, 0.1) is 17.1 Å². The molecule has 90 valence electrons. The maximum Gasteiger partial charge on any atom is 0.310 e. The summed E-state index contributed by atoms with van der Waals surface area (Å²) in [7, 11) is 0. The molecule has 1 aromatic heterocycles. The van der Waals surface area contributed by atoms with E-state index < -0.39 is 6.10 Å². The largest absolute Gasteiger partial charge is 0.387 e. The van der Waals surface area contributed by atoms with Gasteiger partial charge in [0.25, 0.3) is 0 Å². The number of hydrogen-bond donors (Lipinski definition) is 1. The lowest BCUT2D eigenvalue weighted by atomic mass is 10.1. The van der Waals surface area contributed by atoms with Crippen LogP contribution in [0.15, 0.2) is 18.3 Å². The van der Waals surface area contributed by atoms with Gasteiger partial charge in [-0.05, 0) is 19.3 Å². The summed E-state index contributed by atoms with van der Waals surface area (Å²) in [5.74, 6) is 0.241. The van der Waals surface area contributed by atoms with Gasteiger partial charge in [-0.25, -0.2) is 0 Å². The van der Waals surface area contributed by atoms with E-state index in [0.717, 1.165) is 12.8 Å². The molecule has 1 aromatic rings. The molecule has 0 amide bonds. The molecule has 2 aliphatic carbocycles. The van der Waals surface area contributed by atoms with Gasteiger partial charge < -0.3 is 5.11 Å². The number of rotatable bonds is 3. The highest BCUT2D eigenvalue weighted by atomic mass is 16.6. The van der Waals surface area contributed by atoms with E-state index in [2.05, 4.69) is 5.10 Å². The molecular formula is C11H13N3O3. The molecule has 0 aromatic carbocycles. The highest BCUT2D eigenvalue weighted by Gasteiger charge is 2.38. The van der Waals surface area contributed by atoms with E-state index in [1.807, 2.05) is 6.08 Å². The van der Waals surface area contributed by atoms with Crippen molar-refractivity contribution in [2.75, 3.05) is 0 Å². The molecule has 0 aliphatic heterocycles. The Balaban J connectivity index is 2.02. The molecule has 1 heterocycles. The van der Waals surface area contributed by atoms with Crippen LogP contribution in [-0.4, -0.2) is 25.9 Å². The average molecular weight is 235 g/mol. The molecule has 0 saturated heterocycles. The first-order valence-corrected chi connectivity index (χ1v) is 5.75. The predicted molar refractivity (Wildman–Crippen MR) is 59.7 cm³/mol. The minimum absolute atomic E-state index is 0.0894. The first-order valence-electron chi connectivity index (χ1n) is 5.75. The summed E-state index contributed by atoms with van der Waals surface area (Å²) < 4.78 is 1.65. The van der Waals surface area contributed by atoms with Gasteiger partial charge in [0, 0.05) is 5.92 Å². The number of nitro groups is 1. The van der Waals surface area contributed by atoms with Crippen molar-refractivity contribution in [2.24, 2.45) is 0 Å². The predicted octanol–water partition coefficient (Wildman–Crippen LogP) is 1.53. The summed E-state index contributed by atoms with van der Waals surface area (Å²) >= 11 is 0. The van der Waals surface area contributed by atoms with Crippen LogP contribution >= 0.6 is 0 Å². The van der Waals surface area contributed by atoms with Crippen molar-refractivity contribution in [3.63, 3.8) is 0 Å². The zero-order valence-electron chi connectivity index (χ0n) is 9.19. The first-order chi connectivity index (χ1) is 8.18. The number of aliphatic hydroxyl groups is 1. The fraction of sp³-hybridized carbons (Fsp3) is 0.545. The van der Waals surface area contributed by atoms with Crippen molar-refractivity contribution in [2.45, 2.75) is 37.3 Å². The standard InChI is InChI=1S/C11H13N3O3/c15-10-3-1-2-8(10)13-11(7-4-5-7)9(6-12-13)14(16)17/h1,3,6-8,10,15H,2,4-5H2/t8-,10-/m1/s1. The first kappa shape index (κ1) is 10.5. The second-order valence-corrected chi connectivity index (χ2v) is 4.61. The van der Waals surface area contributed by atoms with Crippen LogP contribution in [0.2, 0.25) is 0 Å². The molecule has 6 nitrogen and oxygen atoms in total. The molecule has 0 unspecified atom stereocenters. The van der Waals surface area contributed by atoms with Crippen LogP contribution in [-0.2, 0) is 0 Å². The van der Waals surface area contributed by atoms with Gasteiger partial charge in [-0.2, -0.15) is 5.10 Å². The normalized spacial score (nSPS) is 27.6. The van der Waals surface area contributed by atoms with E-state index in [0.29, 0.717) is 12.1 Å². The highest BCUT2D eigenvalue weighted by Crippen LogP contribution is 2.45. The third-order valence-electron chi connectivity index (χ3n) is 3.39. The number of nitrogens with zero attached hydrogens (tertiary/aromatic N) is 3. The SMILES string of the molecule is O=[N+]([O-])c1cnn([C@@H]2CC=C[C@H]2O)c1C1CC1. The molecule has 3 rings (SSSR count). The molecule has 17 heavy (non-hydrogen) atoms. The van der Waals surface area contributed by atoms with Crippen LogP contribution in [0.5, 0.6) is 0 Å². The van der Waals surface area contributed by atoms with Crippen LogP contribution in [0.3, 0.4) is 0 Å². The van der Waals surface area contributed by atoms with E-state index in [1.54, 1.807) is 10.8 Å². The van der Waals surface area contributed by atoms with E-state index in [4.69, 9.17) is 0 Å². The fourth-order valence-electron chi connectivity index (χ4n) is 2.39. The molecule has 2 aliphatic rings. The quantitative estimate of drug-likeness (QED) is 0.489. The summed E-state index contributed by atoms with van der Waals surface area (Å²) in [5.41, 5.74) is 0.773. The lowest BCUT2D eigenvalue weighted by Gasteiger charge is -2.17. The Labute approximate surface area is 97.7 Å². The molecule has 1 saturated carbocycles. The molecule has 0 bridgehead atoms. The molecular weight excluding hydrogens is 222 g/mol. The van der Waals surface area contributed by atoms with E-state index in [1.165, 1.54) is 6.20 Å². The Kier molecular flexibility index (Phi) is 2.25. The third-order valence-corrected chi connectivity index (χ3v) is 3.39. The zero-order valence-corrected chi connectivity index (χ0v) is 9.19. The smallest absolute Gasteiger partial charge is 0.310 e. The Morgan fingerprint density at radius 3 is 2.82 bits per heavy atom. The second-order valence-electron chi connectivity index (χ2n) is 4.61. The van der Waals surface area contributed by atoms with E-state index in [-0.39, 0.29) is 22.6 Å². The molecule has 1 fully saturated rings. The van der Waals surface area contributed by atoms with Gasteiger partial charge in [-0.15, -0.1) is 0 Å². The van der Waals surface area contributed by atoms with Crippen molar-refractivity contribution in [3.05, 3.63) is 34.2 Å². The molecule has 6 heteroatoms. The van der Waals surface area contributed by atoms with Crippen LogP contribution in [0.4, 0.5) is 5.69 Å². The fourth-order valence-corrected chi connectivity index (χ4v) is 2.39. The maximum atomic E-state index is 10.9. The van der Waals surface area contributed by atoms with Crippen molar-refractivity contribution >= 4 is 5.69 Å². The topological polar surface area (TPSA) is 81.2 Å². The zero-order chi connectivity index (χ0) is 12.0. The van der Waals surface area contributed by atoms with Crippen molar-refractivity contribution < 1.29 is 10.0 Å². The van der Waals surface area contributed by atoms with Gasteiger partial charge in [0.2, 0.25) is 0 Å². The Morgan fingerprint density at radius 2 is 2.29 bits per heavy atom. The van der Waals surface area contributed by atoms with Gasteiger partial charge in [0.15, 0.2) is 0 Å². The Morgan fingerprint density at radius 1 is 1.53 bits per heavy atom. The lowest BCUT2D eigenvalue weighted by Crippen LogP contribution is -2.21. The summed E-state index contributed by atoms with van der Waals surface area (Å²) in [6, 6.07) is -0.181. The van der Waals surface area contributed by atoms with E-state index >= 15 is 0 Å². The summed E-state index contributed by atoms with van der Waals surface area (Å²) in [5, 5.41) is 24.8. The van der Waals surface area contributed by atoms with E-state index in [9.17, 15) is 15.2 Å². The van der Waals surface area contributed by atoms with Crippen LogP contribution in [0, 0.1) is 10.1 Å². The molecule has 0 radical (unpaired) electrons. The Bertz CT molecular complexity index is 490. The summed E-state index contributed by atoms with van der Waals surface area (Å²) in [4.78, 5) is 10.6. The summed E-state index contributed by atoms with van der Waals surface area (Å²) in [6.07, 6.45) is 6.95. The number of aromatic nitrogens is 2. The van der Waals surface area contributed by atoms with Gasteiger partial charge in [-0.3, -0.25) is 14.8 Å². The monoisotopic (exact) mass is 235 g/mol. The van der Waals surface area contributed by atoms with Crippen LogP contribution < -0.4 is 0 Å². The van der Waals surface area contributed by atoms with Crippen molar-refractivity contribution in [1.82, 2.24) is 9.78 Å². The maximum absolute atomic E-state index is 10.9. The van der Waals surface area contributed by atoms with Gasteiger partial charge in [-0.1, -0.05) is 12.2 Å². The molecule has 0 spiro atoms. The lowest BCUT2D eigenvalue weighted by molar-refractivity contribution is -0.385. The Hall–Kier alpha value is -1.69. The number of hydrogen-bond acceptors (Lipinski definition) is 4. The minimum Gasteiger partial charge on any atom is -0.387 e. The molecule has 2 atom stereocenters. The van der Waals surface area contributed by atoms with Gasteiger partial charge in [0.1, 0.15) is 11.9 Å². The minimum atomic E-state index is -0.591. The average Bonchev–Trinajstić information content (AvgIpc) is 2.88. The van der Waals surface area contributed by atoms with Crippen LogP contribution in [0.1, 0.15) is 36.9 Å². The summed E-state index contributed by atoms with van der Waals surface area (Å²) in [6.45, 7) is 0. The van der Waals surface area contributed by atoms with Crippen molar-refractivity contribution in [3.8, 4) is 0 Å². The van der Waals surface area contributed by atoms with Gasteiger partial charge >= 0.3 is 5.69 Å². The number of allylic oxidation sites excluding steroid dienone is 1. The molecule has 1 N–H and O–H groups in total. The highest BCUT2D eigenvalue weighted by molar-refractivity contribution is 5.39. The number of aliphatic hydroxyl groups excluding tert-OH is 1. The van der Waals surface area contributed by atoms with Crippen LogP contribution in [0.25, 0.3) is 0 Å². The third kappa shape index (κ3) is 1.64.